The Hall–Kier alpha value is -3.42. The lowest BCUT2D eigenvalue weighted by molar-refractivity contribution is -0.140. The normalized spacial score (nSPS) is 15.7. The number of fused-ring (bicyclic) bond motifs is 1. The van der Waals surface area contributed by atoms with E-state index in [1.54, 1.807) is 12.1 Å². The fourth-order valence-corrected chi connectivity index (χ4v) is 3.89. The Morgan fingerprint density at radius 1 is 1.16 bits per heavy atom. The van der Waals surface area contributed by atoms with E-state index < -0.39 is 29.8 Å². The molecule has 3 aromatic rings. The zero-order valence-corrected chi connectivity index (χ0v) is 16.8. The van der Waals surface area contributed by atoms with Crippen LogP contribution in [-0.2, 0) is 23.8 Å². The molecule has 0 radical (unpaired) electrons. The molecule has 1 aliphatic heterocycles. The van der Waals surface area contributed by atoms with E-state index in [2.05, 4.69) is 4.98 Å². The predicted octanol–water partition coefficient (Wildman–Crippen LogP) is 5.99. The first-order valence-corrected chi connectivity index (χ1v) is 10.0. The van der Waals surface area contributed by atoms with Crippen molar-refractivity contribution >= 4 is 5.97 Å². The average molecular weight is 445 g/mol. The zero-order chi connectivity index (χ0) is 22.9. The van der Waals surface area contributed by atoms with Gasteiger partial charge in [0.1, 0.15) is 17.7 Å². The number of alkyl halides is 3. The van der Waals surface area contributed by atoms with Crippen molar-refractivity contribution < 1.29 is 32.2 Å². The topological polar surface area (TPSA) is 59.4 Å². The summed E-state index contributed by atoms with van der Waals surface area (Å²) in [5, 5.41) is 8.84. The van der Waals surface area contributed by atoms with Crippen LogP contribution < -0.4 is 4.74 Å². The molecule has 0 saturated carbocycles. The summed E-state index contributed by atoms with van der Waals surface area (Å²) in [6.45, 7) is 0. The Morgan fingerprint density at radius 3 is 2.72 bits per heavy atom. The number of hydrogen-bond acceptors (Lipinski definition) is 3. The maximum absolute atomic E-state index is 14.6. The van der Waals surface area contributed by atoms with Gasteiger partial charge in [-0.1, -0.05) is 24.3 Å². The molecule has 0 fully saturated rings. The van der Waals surface area contributed by atoms with Crippen LogP contribution in [-0.4, -0.2) is 16.1 Å². The Labute approximate surface area is 181 Å². The molecule has 2 aromatic carbocycles. The molecule has 8 heteroatoms. The Morgan fingerprint density at radius 2 is 1.97 bits per heavy atom. The van der Waals surface area contributed by atoms with Gasteiger partial charge < -0.3 is 9.84 Å². The standard InChI is InChI=1S/C24H19F4NO3/c25-19-7-5-15(17-2-1-11-29-23(17)24(26,27)28)13-18(19)21-9-6-16-12-14(4-10-22(30)31)3-8-20(16)32-21/h1-3,5,7-8,11-13,21H,4,6,9-10H2,(H,30,31). The van der Waals surface area contributed by atoms with Crippen LogP contribution in [0.25, 0.3) is 11.1 Å². The van der Waals surface area contributed by atoms with E-state index in [9.17, 15) is 22.4 Å². The third kappa shape index (κ3) is 4.59. The van der Waals surface area contributed by atoms with Gasteiger partial charge in [-0.3, -0.25) is 9.78 Å². The van der Waals surface area contributed by atoms with E-state index in [4.69, 9.17) is 9.84 Å². The number of pyridine rings is 1. The average Bonchev–Trinajstić information content (AvgIpc) is 2.77. The Kier molecular flexibility index (Phi) is 5.86. The summed E-state index contributed by atoms with van der Waals surface area (Å²) in [4.78, 5) is 14.2. The summed E-state index contributed by atoms with van der Waals surface area (Å²) >= 11 is 0. The minimum absolute atomic E-state index is 0.0224. The van der Waals surface area contributed by atoms with Crippen LogP contribution in [0.4, 0.5) is 17.6 Å². The summed E-state index contributed by atoms with van der Waals surface area (Å²) in [7, 11) is 0. The molecular weight excluding hydrogens is 426 g/mol. The number of halogens is 4. The number of aryl methyl sites for hydroxylation is 2. The number of hydrogen-bond donors (Lipinski definition) is 1. The highest BCUT2D eigenvalue weighted by Crippen LogP contribution is 2.40. The molecule has 1 atom stereocenters. The van der Waals surface area contributed by atoms with E-state index in [1.807, 2.05) is 6.07 Å². The maximum Gasteiger partial charge on any atom is 0.433 e. The zero-order valence-electron chi connectivity index (χ0n) is 16.8. The second kappa shape index (κ2) is 8.61. The molecule has 0 bridgehead atoms. The fourth-order valence-electron chi connectivity index (χ4n) is 3.89. The lowest BCUT2D eigenvalue weighted by atomic mass is 9.93. The number of benzene rings is 2. The molecule has 0 aliphatic carbocycles. The number of aliphatic carboxylic acids is 1. The first-order chi connectivity index (χ1) is 15.2. The van der Waals surface area contributed by atoms with Crippen molar-refractivity contribution in [2.45, 2.75) is 38.0 Å². The largest absolute Gasteiger partial charge is 0.485 e. The number of nitrogens with zero attached hydrogens (tertiary/aromatic N) is 1. The SMILES string of the molecule is O=C(O)CCc1ccc2c(c1)CCC(c1cc(-c3cccnc3C(F)(F)F)ccc1F)O2. The van der Waals surface area contributed by atoms with E-state index in [0.717, 1.165) is 23.4 Å². The van der Waals surface area contributed by atoms with Crippen molar-refractivity contribution in [1.29, 1.82) is 0 Å². The lowest BCUT2D eigenvalue weighted by Gasteiger charge is -2.27. The highest BCUT2D eigenvalue weighted by Gasteiger charge is 2.35. The van der Waals surface area contributed by atoms with Crippen LogP contribution >= 0.6 is 0 Å². The van der Waals surface area contributed by atoms with E-state index in [1.165, 1.54) is 24.3 Å². The number of aromatic nitrogens is 1. The number of carboxylic acids is 1. The molecule has 1 N–H and O–H groups in total. The Bertz CT molecular complexity index is 1160. The van der Waals surface area contributed by atoms with Crippen LogP contribution in [0.2, 0.25) is 0 Å². The van der Waals surface area contributed by atoms with Crippen molar-refractivity contribution in [1.82, 2.24) is 4.98 Å². The molecule has 0 amide bonds. The highest BCUT2D eigenvalue weighted by atomic mass is 19.4. The van der Waals surface area contributed by atoms with Gasteiger partial charge in [0.05, 0.1) is 0 Å². The minimum atomic E-state index is -4.64. The van der Waals surface area contributed by atoms with Crippen LogP contribution in [0.3, 0.4) is 0 Å². The van der Waals surface area contributed by atoms with Gasteiger partial charge in [0, 0.05) is 23.7 Å². The summed E-state index contributed by atoms with van der Waals surface area (Å²) in [5.41, 5.74) is 1.01. The Balaban J connectivity index is 1.62. The van der Waals surface area contributed by atoms with Gasteiger partial charge in [0.2, 0.25) is 0 Å². The van der Waals surface area contributed by atoms with E-state index in [0.29, 0.717) is 25.0 Å². The molecule has 4 rings (SSSR count). The van der Waals surface area contributed by atoms with Gasteiger partial charge in [0.25, 0.3) is 0 Å². The van der Waals surface area contributed by atoms with Crippen molar-refractivity contribution in [3.8, 4) is 16.9 Å². The number of ether oxygens (including phenoxy) is 1. The van der Waals surface area contributed by atoms with Gasteiger partial charge in [-0.2, -0.15) is 13.2 Å². The molecule has 0 saturated heterocycles. The number of rotatable bonds is 5. The van der Waals surface area contributed by atoms with Crippen LogP contribution in [0, 0.1) is 5.82 Å². The smallest absolute Gasteiger partial charge is 0.433 e. The molecule has 166 valence electrons. The third-order valence-electron chi connectivity index (χ3n) is 5.43. The number of carbonyl (C=O) groups is 1. The van der Waals surface area contributed by atoms with Crippen LogP contribution in [0.5, 0.6) is 5.75 Å². The molecule has 1 unspecified atom stereocenters. The first kappa shape index (κ1) is 21.8. The van der Waals surface area contributed by atoms with Gasteiger partial charge >= 0.3 is 12.1 Å². The highest BCUT2D eigenvalue weighted by molar-refractivity contribution is 5.68. The van der Waals surface area contributed by atoms with Gasteiger partial charge in [0.15, 0.2) is 5.69 Å². The molecular formula is C24H19F4NO3. The van der Waals surface area contributed by atoms with Crippen molar-refractivity contribution in [2.24, 2.45) is 0 Å². The van der Waals surface area contributed by atoms with Crippen molar-refractivity contribution in [2.75, 3.05) is 0 Å². The van der Waals surface area contributed by atoms with Crippen molar-refractivity contribution in [3.05, 3.63) is 82.9 Å². The van der Waals surface area contributed by atoms with Gasteiger partial charge in [-0.25, -0.2) is 4.39 Å². The fraction of sp³-hybridized carbons (Fsp3) is 0.250. The molecule has 1 aliphatic rings. The van der Waals surface area contributed by atoms with Crippen LogP contribution in [0.15, 0.2) is 54.7 Å². The summed E-state index contributed by atoms with van der Waals surface area (Å²) in [6.07, 6.45) is -2.78. The van der Waals surface area contributed by atoms with E-state index >= 15 is 0 Å². The minimum Gasteiger partial charge on any atom is -0.485 e. The monoisotopic (exact) mass is 445 g/mol. The van der Waals surface area contributed by atoms with Crippen LogP contribution in [0.1, 0.15) is 41.3 Å². The molecule has 32 heavy (non-hydrogen) atoms. The third-order valence-corrected chi connectivity index (χ3v) is 5.43. The lowest BCUT2D eigenvalue weighted by Crippen LogP contribution is -2.17. The second-order valence-electron chi connectivity index (χ2n) is 7.61. The first-order valence-electron chi connectivity index (χ1n) is 10.0. The summed E-state index contributed by atoms with van der Waals surface area (Å²) in [5.74, 6) is -0.878. The predicted molar refractivity (Wildman–Crippen MR) is 109 cm³/mol. The summed E-state index contributed by atoms with van der Waals surface area (Å²) < 4.78 is 60.7. The number of carboxylic acid groups (broad SMARTS) is 1. The molecule has 1 aromatic heterocycles. The van der Waals surface area contributed by atoms with Gasteiger partial charge in [-0.15, -0.1) is 0 Å². The van der Waals surface area contributed by atoms with Crippen molar-refractivity contribution in [3.63, 3.8) is 0 Å². The van der Waals surface area contributed by atoms with E-state index in [-0.39, 0.29) is 23.1 Å². The summed E-state index contributed by atoms with van der Waals surface area (Å²) in [6, 6.07) is 11.9. The quantitative estimate of drug-likeness (QED) is 0.490. The second-order valence-corrected chi connectivity index (χ2v) is 7.61. The molecule has 4 nitrogen and oxygen atoms in total. The molecule has 2 heterocycles. The van der Waals surface area contributed by atoms with Gasteiger partial charge in [-0.05, 0) is 60.2 Å². The molecule has 0 spiro atoms. The maximum atomic E-state index is 14.6.